The van der Waals surface area contributed by atoms with E-state index in [0.29, 0.717) is 25.7 Å². The first-order valence-corrected chi connectivity index (χ1v) is 43.7. The van der Waals surface area contributed by atoms with Crippen molar-refractivity contribution in [1.29, 1.82) is 0 Å². The summed E-state index contributed by atoms with van der Waals surface area (Å²) < 4.78 is 68.6. The molecule has 0 rings (SSSR count). The molecule has 584 valence electrons. The molecule has 99 heavy (non-hydrogen) atoms. The number of allylic oxidation sites excluding steroid dienone is 4. The van der Waals surface area contributed by atoms with Crippen LogP contribution in [-0.2, 0) is 65.4 Å². The summed E-state index contributed by atoms with van der Waals surface area (Å²) in [4.78, 5) is 72.9. The van der Waals surface area contributed by atoms with E-state index in [1.807, 2.05) is 0 Å². The van der Waals surface area contributed by atoms with Crippen molar-refractivity contribution < 1.29 is 80.2 Å². The van der Waals surface area contributed by atoms with Crippen molar-refractivity contribution in [3.05, 3.63) is 24.3 Å². The van der Waals surface area contributed by atoms with Crippen LogP contribution < -0.4 is 0 Å². The lowest BCUT2D eigenvalue weighted by molar-refractivity contribution is -0.161. The van der Waals surface area contributed by atoms with Gasteiger partial charge in [0.2, 0.25) is 0 Å². The van der Waals surface area contributed by atoms with Gasteiger partial charge < -0.3 is 33.8 Å². The zero-order chi connectivity index (χ0) is 73.0. The molecule has 0 aromatic carbocycles. The smallest absolute Gasteiger partial charge is 0.462 e. The van der Waals surface area contributed by atoms with Gasteiger partial charge in [-0.3, -0.25) is 37.3 Å². The van der Waals surface area contributed by atoms with Crippen molar-refractivity contribution in [1.82, 2.24) is 0 Å². The molecule has 0 fully saturated rings. The summed E-state index contributed by atoms with van der Waals surface area (Å²) in [5.41, 5.74) is 0. The number of aliphatic hydroxyl groups is 1. The van der Waals surface area contributed by atoms with E-state index in [-0.39, 0.29) is 25.7 Å². The number of carbonyl (C=O) groups is 4. The Hall–Kier alpha value is -2.46. The Balaban J connectivity index is 5.23. The van der Waals surface area contributed by atoms with E-state index in [4.69, 9.17) is 37.0 Å². The van der Waals surface area contributed by atoms with Crippen LogP contribution in [0.2, 0.25) is 0 Å². The van der Waals surface area contributed by atoms with Crippen molar-refractivity contribution in [3.8, 4) is 0 Å². The van der Waals surface area contributed by atoms with Crippen LogP contribution >= 0.6 is 15.6 Å². The van der Waals surface area contributed by atoms with Gasteiger partial charge in [0.15, 0.2) is 12.2 Å². The molecule has 0 aliphatic rings. The zero-order valence-electron chi connectivity index (χ0n) is 64.4. The molecule has 3 unspecified atom stereocenters. The average Bonchev–Trinajstić information content (AvgIpc) is 1.12. The largest absolute Gasteiger partial charge is 0.472 e. The molecule has 0 aliphatic heterocycles. The standard InChI is InChI=1S/C80H152O17P2/c1-8-10-11-12-13-14-15-16-21-26-29-35-40-49-56-63-79(84)97-76(68-91-78(83)62-55-48-43-42-46-53-60-73(7)9-2)70-95-99(88,89)93-66-74(81)65-92-98(86,87)94-69-75(96-80(85)64-57-50-41-36-31-30-33-38-45-52-59-72(5)6)67-90-77(82)61-54-47-39-34-28-25-23-20-18-17-19-22-24-27-32-37-44-51-58-71(3)4/h14-16,21,71-76,81H,8-13,17-20,22-70H2,1-7H3,(H,86,87)(H,88,89)/b15-14-,21-16-/t73?,74-,75-,76-/m1/s1. The summed E-state index contributed by atoms with van der Waals surface area (Å²) in [5.74, 6) is 0.154. The molecule has 17 nitrogen and oxygen atoms in total. The minimum absolute atomic E-state index is 0.0839. The second kappa shape index (κ2) is 69.9. The monoisotopic (exact) mass is 1450 g/mol. The first-order chi connectivity index (χ1) is 47.8. The van der Waals surface area contributed by atoms with Gasteiger partial charge in [-0.05, 0) is 69.1 Å². The second-order valence-corrected chi connectivity index (χ2v) is 32.2. The van der Waals surface area contributed by atoms with Gasteiger partial charge in [-0.1, -0.05) is 336 Å². The SMILES string of the molecule is CCCCCC/C=C\C=C/CCCCCCCC(=O)O[C@H](COC(=O)CCCCCCCCC(C)CC)COP(=O)(O)OC[C@H](O)COP(=O)(O)OC[C@@H](COC(=O)CCCCCCCCCCCCCCCCCCCCC(C)C)OC(=O)CCCCCCCCCCCCC(C)C. The van der Waals surface area contributed by atoms with E-state index in [1.54, 1.807) is 0 Å². The molecule has 0 aromatic heterocycles. The highest BCUT2D eigenvalue weighted by atomic mass is 31.2. The van der Waals surface area contributed by atoms with Crippen LogP contribution in [-0.4, -0.2) is 96.7 Å². The van der Waals surface area contributed by atoms with Crippen LogP contribution in [0.25, 0.3) is 0 Å². The molecule has 0 spiro atoms. The van der Waals surface area contributed by atoms with Crippen molar-refractivity contribution in [2.45, 2.75) is 407 Å². The molecule has 6 atom stereocenters. The average molecular weight is 1450 g/mol. The van der Waals surface area contributed by atoms with Gasteiger partial charge in [-0.2, -0.15) is 0 Å². The lowest BCUT2D eigenvalue weighted by atomic mass is 10.00. The van der Waals surface area contributed by atoms with Crippen molar-refractivity contribution >= 4 is 39.5 Å². The number of hydrogen-bond acceptors (Lipinski definition) is 15. The summed E-state index contributed by atoms with van der Waals surface area (Å²) >= 11 is 0. The normalized spacial score (nSPS) is 14.4. The molecule has 3 N–H and O–H groups in total. The third-order valence-corrected chi connectivity index (χ3v) is 20.3. The number of hydrogen-bond donors (Lipinski definition) is 3. The molecule has 0 aromatic rings. The van der Waals surface area contributed by atoms with E-state index in [2.05, 4.69) is 72.8 Å². The van der Waals surface area contributed by atoms with Gasteiger partial charge in [0.05, 0.1) is 26.4 Å². The first kappa shape index (κ1) is 96.5. The number of aliphatic hydroxyl groups excluding tert-OH is 1. The van der Waals surface area contributed by atoms with E-state index in [9.17, 15) is 43.2 Å². The fraction of sp³-hybridized carbons (Fsp3) is 0.900. The molecule has 0 heterocycles. The van der Waals surface area contributed by atoms with Crippen molar-refractivity contribution in [3.63, 3.8) is 0 Å². The molecule has 0 saturated heterocycles. The number of phosphoric acid groups is 2. The summed E-state index contributed by atoms with van der Waals surface area (Å²) in [5, 5.41) is 10.6. The topological polar surface area (TPSA) is 237 Å². The Morgan fingerprint density at radius 1 is 0.333 bits per heavy atom. The highest BCUT2D eigenvalue weighted by molar-refractivity contribution is 7.47. The fourth-order valence-electron chi connectivity index (χ4n) is 11.7. The Morgan fingerprint density at radius 2 is 0.596 bits per heavy atom. The van der Waals surface area contributed by atoms with Gasteiger partial charge in [0, 0.05) is 25.7 Å². The number of unbranched alkanes of at least 4 members (excludes halogenated alkanes) is 40. The summed E-state index contributed by atoms with van der Waals surface area (Å²) in [6, 6.07) is 0. The molecule has 0 radical (unpaired) electrons. The quantitative estimate of drug-likeness (QED) is 0.0169. The maximum Gasteiger partial charge on any atom is 0.472 e. The van der Waals surface area contributed by atoms with Crippen molar-refractivity contribution in [2.75, 3.05) is 39.6 Å². The predicted molar refractivity (Wildman–Crippen MR) is 404 cm³/mol. The predicted octanol–water partition coefficient (Wildman–Crippen LogP) is 23.3. The first-order valence-electron chi connectivity index (χ1n) is 40.7. The van der Waals surface area contributed by atoms with Crippen LogP contribution in [0, 0.1) is 17.8 Å². The zero-order valence-corrected chi connectivity index (χ0v) is 66.2. The number of carbonyl (C=O) groups excluding carboxylic acids is 4. The Morgan fingerprint density at radius 3 is 0.899 bits per heavy atom. The maximum absolute atomic E-state index is 13.1. The van der Waals surface area contributed by atoms with Gasteiger partial charge in [0.1, 0.15) is 19.3 Å². The van der Waals surface area contributed by atoms with Gasteiger partial charge in [-0.25, -0.2) is 9.13 Å². The van der Waals surface area contributed by atoms with E-state index < -0.39 is 97.5 Å². The highest BCUT2D eigenvalue weighted by Gasteiger charge is 2.30. The van der Waals surface area contributed by atoms with Crippen LogP contribution in [0.5, 0.6) is 0 Å². The minimum atomic E-state index is -4.97. The van der Waals surface area contributed by atoms with Gasteiger partial charge in [-0.15, -0.1) is 0 Å². The number of rotatable bonds is 76. The summed E-state index contributed by atoms with van der Waals surface area (Å²) in [6.07, 6.45) is 60.6. The lowest BCUT2D eigenvalue weighted by Gasteiger charge is -2.21. The highest BCUT2D eigenvalue weighted by Crippen LogP contribution is 2.45. The Labute approximate surface area is 605 Å². The molecule has 0 amide bonds. The summed E-state index contributed by atoms with van der Waals surface area (Å²) in [7, 11) is -9.93. The van der Waals surface area contributed by atoms with Crippen LogP contribution in [0.4, 0.5) is 0 Å². The lowest BCUT2D eigenvalue weighted by Crippen LogP contribution is -2.30. The molecule has 19 heteroatoms. The Kier molecular flexibility index (Phi) is 68.1. The third-order valence-electron chi connectivity index (χ3n) is 18.4. The van der Waals surface area contributed by atoms with Crippen LogP contribution in [0.15, 0.2) is 24.3 Å². The van der Waals surface area contributed by atoms with Crippen LogP contribution in [0.3, 0.4) is 0 Å². The molecular formula is C80H152O17P2. The van der Waals surface area contributed by atoms with Gasteiger partial charge >= 0.3 is 39.5 Å². The fourth-order valence-corrected chi connectivity index (χ4v) is 13.3. The molecular weight excluding hydrogens is 1290 g/mol. The van der Waals surface area contributed by atoms with Crippen molar-refractivity contribution in [2.24, 2.45) is 17.8 Å². The van der Waals surface area contributed by atoms with E-state index >= 15 is 0 Å². The third kappa shape index (κ3) is 72.3. The van der Waals surface area contributed by atoms with E-state index in [1.165, 1.54) is 180 Å². The van der Waals surface area contributed by atoms with Crippen LogP contribution in [0.1, 0.15) is 389 Å². The minimum Gasteiger partial charge on any atom is -0.462 e. The second-order valence-electron chi connectivity index (χ2n) is 29.3. The maximum atomic E-state index is 13.1. The Bertz CT molecular complexity index is 2020. The molecule has 0 aliphatic carbocycles. The molecule has 0 saturated carbocycles. The molecule has 0 bridgehead atoms. The number of ether oxygens (including phenoxy) is 4. The van der Waals surface area contributed by atoms with Gasteiger partial charge in [0.25, 0.3) is 0 Å². The number of esters is 4. The number of phosphoric ester groups is 2. The van der Waals surface area contributed by atoms with E-state index in [0.717, 1.165) is 127 Å². The summed E-state index contributed by atoms with van der Waals surface area (Å²) in [6.45, 7) is 11.8.